The molecule has 0 aliphatic heterocycles. The van der Waals surface area contributed by atoms with Crippen LogP contribution in [0.15, 0.2) is 53.9 Å². The molecule has 0 aliphatic carbocycles. The highest BCUT2D eigenvalue weighted by molar-refractivity contribution is 7.14. The lowest BCUT2D eigenvalue weighted by molar-refractivity contribution is -0.149. The Kier molecular flexibility index (Phi) is 7.40. The second-order valence-corrected chi connectivity index (χ2v) is 7.14. The summed E-state index contributed by atoms with van der Waals surface area (Å²) < 4.78 is 15.8. The standard InChI is InChI=1S/C22H22N2O5S/c1-3-27-18-6-4-5-7-19(18)28-13-21(26)29-12-20(25)24-22-23-17(14-30-22)16-10-8-15(2)9-11-16/h4-11,14H,3,12-13H2,1-2H3,(H,23,24,25). The SMILES string of the molecule is CCOc1ccccc1OCC(=O)OCC(=O)Nc1nc(-c2ccc(C)cc2)cs1. The maximum absolute atomic E-state index is 12.0. The van der Waals surface area contributed by atoms with E-state index in [9.17, 15) is 9.59 Å². The van der Waals surface area contributed by atoms with Gasteiger partial charge in [-0.05, 0) is 26.0 Å². The van der Waals surface area contributed by atoms with Crippen LogP contribution in [-0.4, -0.2) is 36.7 Å². The number of hydrogen-bond donors (Lipinski definition) is 1. The lowest BCUT2D eigenvalue weighted by Gasteiger charge is -2.11. The third kappa shape index (κ3) is 6.05. The second kappa shape index (κ2) is 10.4. The van der Waals surface area contributed by atoms with Crippen LogP contribution in [0.1, 0.15) is 12.5 Å². The summed E-state index contributed by atoms with van der Waals surface area (Å²) in [7, 11) is 0. The molecule has 30 heavy (non-hydrogen) atoms. The number of anilines is 1. The van der Waals surface area contributed by atoms with Crippen molar-refractivity contribution in [2.24, 2.45) is 0 Å². The molecule has 8 heteroatoms. The van der Waals surface area contributed by atoms with Crippen LogP contribution in [-0.2, 0) is 14.3 Å². The maximum Gasteiger partial charge on any atom is 0.344 e. The van der Waals surface area contributed by atoms with Gasteiger partial charge in [0.25, 0.3) is 5.91 Å². The molecule has 0 aliphatic rings. The Hall–Kier alpha value is -3.39. The van der Waals surface area contributed by atoms with E-state index < -0.39 is 18.5 Å². The highest BCUT2D eigenvalue weighted by Crippen LogP contribution is 2.26. The Balaban J connectivity index is 1.44. The molecule has 2 aromatic carbocycles. The third-order valence-electron chi connectivity index (χ3n) is 3.96. The van der Waals surface area contributed by atoms with Crippen LogP contribution in [0.5, 0.6) is 11.5 Å². The van der Waals surface area contributed by atoms with E-state index in [1.807, 2.05) is 49.6 Å². The molecule has 0 bridgehead atoms. The summed E-state index contributed by atoms with van der Waals surface area (Å²) in [4.78, 5) is 28.3. The van der Waals surface area contributed by atoms with Crippen molar-refractivity contribution in [2.45, 2.75) is 13.8 Å². The number of aromatic nitrogens is 1. The normalized spacial score (nSPS) is 10.3. The Morgan fingerprint density at radius 3 is 2.40 bits per heavy atom. The van der Waals surface area contributed by atoms with Crippen molar-refractivity contribution in [3.63, 3.8) is 0 Å². The number of para-hydroxylation sites is 2. The molecule has 0 saturated heterocycles. The number of ether oxygens (including phenoxy) is 3. The summed E-state index contributed by atoms with van der Waals surface area (Å²) >= 11 is 1.30. The van der Waals surface area contributed by atoms with Gasteiger partial charge in [-0.15, -0.1) is 11.3 Å². The Labute approximate surface area is 178 Å². The van der Waals surface area contributed by atoms with E-state index >= 15 is 0 Å². The molecular weight excluding hydrogens is 404 g/mol. The fourth-order valence-electron chi connectivity index (χ4n) is 2.51. The number of carbonyl (C=O) groups is 2. The smallest absolute Gasteiger partial charge is 0.344 e. The van der Waals surface area contributed by atoms with Crippen molar-refractivity contribution < 1.29 is 23.8 Å². The average molecular weight is 426 g/mol. The van der Waals surface area contributed by atoms with Gasteiger partial charge in [0.1, 0.15) is 0 Å². The van der Waals surface area contributed by atoms with Gasteiger partial charge in [0.2, 0.25) is 0 Å². The van der Waals surface area contributed by atoms with Crippen LogP contribution >= 0.6 is 11.3 Å². The van der Waals surface area contributed by atoms with Crippen molar-refractivity contribution >= 4 is 28.3 Å². The molecule has 0 saturated carbocycles. The highest BCUT2D eigenvalue weighted by Gasteiger charge is 2.12. The number of thiazole rings is 1. The summed E-state index contributed by atoms with van der Waals surface area (Å²) in [6.07, 6.45) is 0. The number of aryl methyl sites for hydroxylation is 1. The van der Waals surface area contributed by atoms with Crippen LogP contribution in [0.4, 0.5) is 5.13 Å². The minimum atomic E-state index is -0.657. The molecule has 1 amide bonds. The minimum Gasteiger partial charge on any atom is -0.490 e. The topological polar surface area (TPSA) is 86.8 Å². The van der Waals surface area contributed by atoms with Gasteiger partial charge in [-0.2, -0.15) is 0 Å². The average Bonchev–Trinajstić information content (AvgIpc) is 3.20. The zero-order valence-corrected chi connectivity index (χ0v) is 17.5. The molecule has 7 nitrogen and oxygen atoms in total. The Morgan fingerprint density at radius 2 is 1.70 bits per heavy atom. The zero-order valence-electron chi connectivity index (χ0n) is 16.7. The van der Waals surface area contributed by atoms with Crippen LogP contribution in [0.3, 0.4) is 0 Å². The van der Waals surface area contributed by atoms with Crippen molar-refractivity contribution in [3.05, 3.63) is 59.5 Å². The fourth-order valence-corrected chi connectivity index (χ4v) is 3.25. The molecule has 1 aromatic heterocycles. The molecule has 3 aromatic rings. The summed E-state index contributed by atoms with van der Waals surface area (Å²) in [6, 6.07) is 15.0. The van der Waals surface area contributed by atoms with Crippen molar-refractivity contribution in [3.8, 4) is 22.8 Å². The summed E-state index contributed by atoms with van der Waals surface area (Å²) in [6.45, 7) is 3.60. The van der Waals surface area contributed by atoms with Crippen molar-refractivity contribution in [1.82, 2.24) is 4.98 Å². The summed E-state index contributed by atoms with van der Waals surface area (Å²) in [5.74, 6) is -0.148. The van der Waals surface area contributed by atoms with E-state index in [1.54, 1.807) is 18.2 Å². The number of nitrogens with zero attached hydrogens (tertiary/aromatic N) is 1. The van der Waals surface area contributed by atoms with Crippen molar-refractivity contribution in [2.75, 3.05) is 25.1 Å². The maximum atomic E-state index is 12.0. The van der Waals surface area contributed by atoms with E-state index in [-0.39, 0.29) is 6.61 Å². The molecule has 0 spiro atoms. The van der Waals surface area contributed by atoms with E-state index in [0.717, 1.165) is 16.8 Å². The second-order valence-electron chi connectivity index (χ2n) is 6.28. The molecule has 0 atom stereocenters. The molecular formula is C22H22N2O5S. The monoisotopic (exact) mass is 426 g/mol. The number of hydrogen-bond acceptors (Lipinski definition) is 7. The van der Waals surface area contributed by atoms with Crippen molar-refractivity contribution in [1.29, 1.82) is 0 Å². The fraction of sp³-hybridized carbons (Fsp3) is 0.227. The van der Waals surface area contributed by atoms with Gasteiger partial charge in [-0.25, -0.2) is 9.78 Å². The lowest BCUT2D eigenvalue weighted by Crippen LogP contribution is -2.23. The van der Waals surface area contributed by atoms with E-state index in [2.05, 4.69) is 10.3 Å². The number of esters is 1. The van der Waals surface area contributed by atoms with Gasteiger partial charge >= 0.3 is 5.97 Å². The molecule has 0 radical (unpaired) electrons. The molecule has 0 unspecified atom stereocenters. The van der Waals surface area contributed by atoms with Crippen LogP contribution < -0.4 is 14.8 Å². The first-order valence-corrected chi connectivity index (χ1v) is 10.3. The zero-order chi connectivity index (χ0) is 21.3. The van der Waals surface area contributed by atoms with Gasteiger partial charge in [-0.3, -0.25) is 10.1 Å². The van der Waals surface area contributed by atoms with E-state index in [4.69, 9.17) is 14.2 Å². The molecule has 3 rings (SSSR count). The summed E-state index contributed by atoms with van der Waals surface area (Å²) in [5, 5.41) is 4.92. The molecule has 0 fully saturated rings. The van der Waals surface area contributed by atoms with Crippen LogP contribution in [0, 0.1) is 6.92 Å². The summed E-state index contributed by atoms with van der Waals surface area (Å²) in [5.41, 5.74) is 2.90. The van der Waals surface area contributed by atoms with E-state index in [0.29, 0.717) is 23.2 Å². The molecule has 156 valence electrons. The first-order chi connectivity index (χ1) is 14.5. The number of rotatable bonds is 9. The van der Waals surface area contributed by atoms with Gasteiger partial charge in [0, 0.05) is 10.9 Å². The number of amides is 1. The van der Waals surface area contributed by atoms with Gasteiger partial charge in [0.15, 0.2) is 29.8 Å². The first kappa shape index (κ1) is 21.3. The first-order valence-electron chi connectivity index (χ1n) is 9.38. The number of benzene rings is 2. The number of carbonyl (C=O) groups excluding carboxylic acids is 2. The number of nitrogens with one attached hydrogen (secondary N) is 1. The largest absolute Gasteiger partial charge is 0.490 e. The van der Waals surface area contributed by atoms with Crippen LogP contribution in [0.25, 0.3) is 11.3 Å². The van der Waals surface area contributed by atoms with Gasteiger partial charge < -0.3 is 14.2 Å². The predicted molar refractivity (Wildman–Crippen MR) is 115 cm³/mol. The van der Waals surface area contributed by atoms with E-state index in [1.165, 1.54) is 11.3 Å². The Bertz CT molecular complexity index is 1000. The van der Waals surface area contributed by atoms with Gasteiger partial charge in [0.05, 0.1) is 12.3 Å². The third-order valence-corrected chi connectivity index (χ3v) is 4.71. The molecule has 1 heterocycles. The Morgan fingerprint density at radius 1 is 1.00 bits per heavy atom. The lowest BCUT2D eigenvalue weighted by atomic mass is 10.1. The molecule has 1 N–H and O–H groups in total. The van der Waals surface area contributed by atoms with Gasteiger partial charge in [-0.1, -0.05) is 42.0 Å². The minimum absolute atomic E-state index is 0.327. The quantitative estimate of drug-likeness (QED) is 0.519. The highest BCUT2D eigenvalue weighted by atomic mass is 32.1. The van der Waals surface area contributed by atoms with Crippen LogP contribution in [0.2, 0.25) is 0 Å². The predicted octanol–water partition coefficient (Wildman–Crippen LogP) is 4.08.